The van der Waals surface area contributed by atoms with Crippen LogP contribution in [0.3, 0.4) is 0 Å². The molecule has 0 aliphatic heterocycles. The van der Waals surface area contributed by atoms with Gasteiger partial charge >= 0.3 is 0 Å². The zero-order valence-electron chi connectivity index (χ0n) is 10.3. The van der Waals surface area contributed by atoms with Crippen molar-refractivity contribution in [2.45, 2.75) is 6.54 Å². The maximum atomic E-state index is 13.5. The van der Waals surface area contributed by atoms with E-state index in [1.54, 1.807) is 24.3 Å². The lowest BCUT2D eigenvalue weighted by molar-refractivity contribution is 0.365. The third-order valence-electron chi connectivity index (χ3n) is 2.51. The number of methoxy groups -OCH3 is 1. The van der Waals surface area contributed by atoms with Crippen LogP contribution in [0.15, 0.2) is 30.3 Å². The van der Waals surface area contributed by atoms with Gasteiger partial charge in [-0.2, -0.15) is 5.10 Å². The fourth-order valence-electron chi connectivity index (χ4n) is 1.60. The molecule has 0 aliphatic rings. The average Bonchev–Trinajstić information content (AvgIpc) is 2.75. The van der Waals surface area contributed by atoms with E-state index in [9.17, 15) is 4.39 Å². The van der Waals surface area contributed by atoms with Gasteiger partial charge in [-0.3, -0.25) is 5.41 Å². The number of rotatable bonds is 4. The summed E-state index contributed by atoms with van der Waals surface area (Å²) in [5.74, 6) is -0.0246. The average molecular weight is 285 g/mol. The molecule has 0 radical (unpaired) electrons. The van der Waals surface area contributed by atoms with Crippen LogP contribution in [0.25, 0.3) is 0 Å². The van der Waals surface area contributed by atoms with Gasteiger partial charge in [0, 0.05) is 11.6 Å². The molecule has 1 heterocycles. The standard InChI is InChI=1S/C12H13FN4O.ClH/c1-18-11-6-10(12(14)15)16-17(11)7-8-4-2-3-5-9(8)13;/h2-6H,7H2,1H3,(H3,14,15);1H. The Morgan fingerprint density at radius 3 is 2.74 bits per heavy atom. The normalized spacial score (nSPS) is 9.79. The number of nitrogens with one attached hydrogen (secondary N) is 1. The molecule has 1 aromatic carbocycles. The second-order valence-corrected chi connectivity index (χ2v) is 3.73. The number of halogens is 2. The summed E-state index contributed by atoms with van der Waals surface area (Å²) >= 11 is 0. The molecule has 0 bridgehead atoms. The molecule has 3 N–H and O–H groups in total. The van der Waals surface area contributed by atoms with Crippen LogP contribution in [0, 0.1) is 11.2 Å². The molecular weight excluding hydrogens is 271 g/mol. The summed E-state index contributed by atoms with van der Waals surface area (Å²) in [5, 5.41) is 11.4. The van der Waals surface area contributed by atoms with Crippen LogP contribution in [-0.2, 0) is 6.54 Å². The molecule has 2 aromatic rings. The van der Waals surface area contributed by atoms with Gasteiger partial charge in [0.05, 0.1) is 13.7 Å². The Labute approximate surface area is 116 Å². The summed E-state index contributed by atoms with van der Waals surface area (Å²) in [6, 6.07) is 7.98. The van der Waals surface area contributed by atoms with Crippen molar-refractivity contribution < 1.29 is 9.13 Å². The number of hydrogen-bond donors (Lipinski definition) is 2. The van der Waals surface area contributed by atoms with E-state index in [1.165, 1.54) is 17.9 Å². The molecule has 1 aromatic heterocycles. The van der Waals surface area contributed by atoms with Gasteiger partial charge in [0.25, 0.3) is 0 Å². The van der Waals surface area contributed by atoms with Crippen molar-refractivity contribution in [3.8, 4) is 5.88 Å². The molecular formula is C12H14ClFN4O. The van der Waals surface area contributed by atoms with E-state index < -0.39 is 0 Å². The minimum Gasteiger partial charge on any atom is -0.481 e. The van der Waals surface area contributed by atoms with Crippen LogP contribution in [0.1, 0.15) is 11.3 Å². The number of nitrogens with zero attached hydrogens (tertiary/aromatic N) is 2. The Morgan fingerprint density at radius 1 is 1.47 bits per heavy atom. The molecule has 0 fully saturated rings. The zero-order chi connectivity index (χ0) is 13.1. The number of ether oxygens (including phenoxy) is 1. The third-order valence-corrected chi connectivity index (χ3v) is 2.51. The fraction of sp³-hybridized carbons (Fsp3) is 0.167. The Balaban J connectivity index is 0.00000180. The van der Waals surface area contributed by atoms with Crippen LogP contribution in [-0.4, -0.2) is 22.7 Å². The summed E-state index contributed by atoms with van der Waals surface area (Å²) in [6.07, 6.45) is 0. The van der Waals surface area contributed by atoms with E-state index in [0.29, 0.717) is 17.1 Å². The quantitative estimate of drug-likeness (QED) is 0.664. The van der Waals surface area contributed by atoms with Crippen molar-refractivity contribution in [2.24, 2.45) is 5.73 Å². The molecule has 0 spiro atoms. The van der Waals surface area contributed by atoms with Gasteiger partial charge in [-0.15, -0.1) is 12.4 Å². The van der Waals surface area contributed by atoms with Crippen LogP contribution in [0.5, 0.6) is 5.88 Å². The highest BCUT2D eigenvalue weighted by molar-refractivity contribution is 5.93. The number of nitrogen functional groups attached to an aromatic ring is 1. The molecule has 5 nitrogen and oxygen atoms in total. The minimum absolute atomic E-state index is 0. The second-order valence-electron chi connectivity index (χ2n) is 3.73. The molecule has 0 saturated heterocycles. The number of hydrogen-bond acceptors (Lipinski definition) is 3. The molecule has 0 saturated carbocycles. The summed E-state index contributed by atoms with van der Waals surface area (Å²) in [4.78, 5) is 0. The first kappa shape index (κ1) is 15.0. The molecule has 2 rings (SSSR count). The van der Waals surface area contributed by atoms with E-state index in [0.717, 1.165) is 0 Å². The molecule has 0 atom stereocenters. The van der Waals surface area contributed by atoms with E-state index in [1.807, 2.05) is 0 Å². The van der Waals surface area contributed by atoms with E-state index in [4.69, 9.17) is 15.9 Å². The van der Waals surface area contributed by atoms with Gasteiger partial charge in [-0.25, -0.2) is 9.07 Å². The summed E-state index contributed by atoms with van der Waals surface area (Å²) in [5.41, 5.74) is 6.15. The van der Waals surface area contributed by atoms with Gasteiger partial charge in [0.15, 0.2) is 0 Å². The van der Waals surface area contributed by atoms with Crippen LogP contribution in [0.2, 0.25) is 0 Å². The lowest BCUT2D eigenvalue weighted by Gasteiger charge is -2.06. The number of nitrogens with two attached hydrogens (primary N) is 1. The molecule has 7 heteroatoms. The van der Waals surface area contributed by atoms with Crippen molar-refractivity contribution >= 4 is 18.2 Å². The van der Waals surface area contributed by atoms with Crippen molar-refractivity contribution in [1.82, 2.24) is 9.78 Å². The lowest BCUT2D eigenvalue weighted by Crippen LogP contribution is -2.13. The van der Waals surface area contributed by atoms with Gasteiger partial charge in [0.1, 0.15) is 17.3 Å². The van der Waals surface area contributed by atoms with Crippen molar-refractivity contribution in [3.63, 3.8) is 0 Å². The highest BCUT2D eigenvalue weighted by atomic mass is 35.5. The topological polar surface area (TPSA) is 76.9 Å². The Hall–Kier alpha value is -2.08. The van der Waals surface area contributed by atoms with Gasteiger partial charge < -0.3 is 10.5 Å². The Bertz CT molecular complexity index is 585. The first-order chi connectivity index (χ1) is 8.61. The molecule has 0 amide bonds. The summed E-state index contributed by atoms with van der Waals surface area (Å²) in [6.45, 7) is 0.225. The van der Waals surface area contributed by atoms with Gasteiger partial charge in [-0.1, -0.05) is 18.2 Å². The van der Waals surface area contributed by atoms with Gasteiger partial charge in [-0.05, 0) is 6.07 Å². The van der Waals surface area contributed by atoms with Crippen molar-refractivity contribution in [3.05, 3.63) is 47.4 Å². The SMILES string of the molecule is COc1cc(C(=N)N)nn1Cc1ccccc1F.Cl. The Kier molecular flexibility index (Phi) is 4.88. The highest BCUT2D eigenvalue weighted by Gasteiger charge is 2.12. The maximum absolute atomic E-state index is 13.5. The molecule has 0 unspecified atom stereocenters. The molecule has 102 valence electrons. The summed E-state index contributed by atoms with van der Waals surface area (Å²) < 4.78 is 20.1. The number of benzene rings is 1. The first-order valence-electron chi connectivity index (χ1n) is 5.31. The second kappa shape index (κ2) is 6.19. The predicted octanol–water partition coefficient (Wildman–Crippen LogP) is 1.78. The largest absolute Gasteiger partial charge is 0.481 e. The zero-order valence-corrected chi connectivity index (χ0v) is 11.1. The first-order valence-corrected chi connectivity index (χ1v) is 5.31. The van der Waals surface area contributed by atoms with E-state index in [2.05, 4.69) is 5.10 Å². The number of amidine groups is 1. The Morgan fingerprint density at radius 2 is 2.16 bits per heavy atom. The highest BCUT2D eigenvalue weighted by Crippen LogP contribution is 2.16. The number of aromatic nitrogens is 2. The van der Waals surface area contributed by atoms with Gasteiger partial charge in [0.2, 0.25) is 5.88 Å². The van der Waals surface area contributed by atoms with Crippen LogP contribution >= 0.6 is 12.4 Å². The monoisotopic (exact) mass is 284 g/mol. The maximum Gasteiger partial charge on any atom is 0.212 e. The summed E-state index contributed by atoms with van der Waals surface area (Å²) in [7, 11) is 1.48. The third kappa shape index (κ3) is 3.23. The van der Waals surface area contributed by atoms with Crippen molar-refractivity contribution in [2.75, 3.05) is 7.11 Å². The molecule has 19 heavy (non-hydrogen) atoms. The van der Waals surface area contributed by atoms with E-state index in [-0.39, 0.29) is 30.6 Å². The predicted molar refractivity (Wildman–Crippen MR) is 72.5 cm³/mol. The molecule has 0 aliphatic carbocycles. The van der Waals surface area contributed by atoms with Crippen LogP contribution < -0.4 is 10.5 Å². The lowest BCUT2D eigenvalue weighted by atomic mass is 10.2. The fourth-order valence-corrected chi connectivity index (χ4v) is 1.60. The van der Waals surface area contributed by atoms with E-state index >= 15 is 0 Å². The minimum atomic E-state index is -0.306. The van der Waals surface area contributed by atoms with Crippen LogP contribution in [0.4, 0.5) is 4.39 Å². The van der Waals surface area contributed by atoms with Crippen molar-refractivity contribution in [1.29, 1.82) is 5.41 Å². The smallest absolute Gasteiger partial charge is 0.212 e.